The van der Waals surface area contributed by atoms with Crippen molar-refractivity contribution in [3.05, 3.63) is 107 Å². The monoisotopic (exact) mass is 660 g/mol. The predicted octanol–water partition coefficient (Wildman–Crippen LogP) is 9.35. The van der Waals surface area contributed by atoms with Gasteiger partial charge in [0.1, 0.15) is 11.4 Å². The van der Waals surface area contributed by atoms with Crippen LogP contribution in [0, 0.1) is 0 Å². The van der Waals surface area contributed by atoms with Crippen molar-refractivity contribution in [2.75, 3.05) is 7.11 Å². The van der Waals surface area contributed by atoms with Crippen molar-refractivity contribution < 1.29 is 31.1 Å². The SMILES string of the molecule is C/C=C(\C)C(F)(F)F.C/C=C(\CC)CCn1c(C(=O)NS(=O)(=O)c2ccc(Cl)cc2)c(-c2ccc(OC)cc2)c2ccccc21. The van der Waals surface area contributed by atoms with Crippen molar-refractivity contribution >= 4 is 38.4 Å². The Morgan fingerprint density at radius 2 is 1.60 bits per heavy atom. The Hall–Kier alpha value is -4.02. The first-order chi connectivity index (χ1) is 21.3. The number of allylic oxidation sites excluding steroid dienone is 4. The molecule has 45 heavy (non-hydrogen) atoms. The van der Waals surface area contributed by atoms with E-state index in [1.807, 2.05) is 60.0 Å². The van der Waals surface area contributed by atoms with Gasteiger partial charge in [0.25, 0.3) is 15.9 Å². The van der Waals surface area contributed by atoms with Crippen LogP contribution in [-0.2, 0) is 16.6 Å². The van der Waals surface area contributed by atoms with Crippen LogP contribution < -0.4 is 9.46 Å². The summed E-state index contributed by atoms with van der Waals surface area (Å²) in [6.45, 7) is 7.02. The zero-order chi connectivity index (χ0) is 33.4. The number of methoxy groups -OCH3 is 1. The fourth-order valence-electron chi connectivity index (χ4n) is 4.61. The lowest BCUT2D eigenvalue weighted by Gasteiger charge is -2.14. The lowest BCUT2D eigenvalue weighted by Crippen LogP contribution is -2.32. The van der Waals surface area contributed by atoms with Crippen molar-refractivity contribution in [1.82, 2.24) is 9.29 Å². The summed E-state index contributed by atoms with van der Waals surface area (Å²) in [7, 11) is -2.54. The second kappa shape index (κ2) is 15.3. The quantitative estimate of drug-likeness (QED) is 0.182. The van der Waals surface area contributed by atoms with Gasteiger partial charge in [-0.25, -0.2) is 13.1 Å². The zero-order valence-corrected chi connectivity index (χ0v) is 27.3. The van der Waals surface area contributed by atoms with Crippen molar-refractivity contribution in [2.45, 2.75) is 58.2 Å². The number of aryl methyl sites for hydroxylation is 1. The standard InChI is InChI=1S/C29H29ClN2O4S.C5H7F3/c1-4-20(5-2)18-19-32-26-9-7-6-8-25(26)27(21-10-14-23(36-3)15-11-21)28(32)29(33)31-37(34,35)24-16-12-22(30)13-17-24;1-3-4(2)5(6,7)8/h4,6-17H,5,18-19H2,1-3H3,(H,31,33);3H,1-2H3/b20-4+;4-3+. The van der Waals surface area contributed by atoms with E-state index in [4.69, 9.17) is 16.3 Å². The zero-order valence-electron chi connectivity index (χ0n) is 25.7. The second-order valence-corrected chi connectivity index (χ2v) is 12.1. The van der Waals surface area contributed by atoms with E-state index in [1.165, 1.54) is 36.8 Å². The van der Waals surface area contributed by atoms with Crippen LogP contribution in [0.2, 0.25) is 5.02 Å². The Labute approximate surface area is 267 Å². The number of alkyl halides is 3. The molecule has 6 nitrogen and oxygen atoms in total. The first-order valence-electron chi connectivity index (χ1n) is 14.2. The summed E-state index contributed by atoms with van der Waals surface area (Å²) in [6.07, 6.45) is 0.626. The van der Waals surface area contributed by atoms with Crippen molar-refractivity contribution in [2.24, 2.45) is 0 Å². The largest absolute Gasteiger partial charge is 0.497 e. The first-order valence-corrected chi connectivity index (χ1v) is 16.1. The maximum atomic E-state index is 13.8. The van der Waals surface area contributed by atoms with E-state index >= 15 is 0 Å². The van der Waals surface area contributed by atoms with Crippen molar-refractivity contribution in [1.29, 1.82) is 0 Å². The van der Waals surface area contributed by atoms with Crippen LogP contribution in [-0.4, -0.2) is 32.2 Å². The summed E-state index contributed by atoms with van der Waals surface area (Å²) in [5.74, 6) is -0.0139. The summed E-state index contributed by atoms with van der Waals surface area (Å²) in [5.41, 5.74) is 3.30. The van der Waals surface area contributed by atoms with Crippen LogP contribution in [0.3, 0.4) is 0 Å². The third-order valence-electron chi connectivity index (χ3n) is 7.31. The molecular weight excluding hydrogens is 625 g/mol. The van der Waals surface area contributed by atoms with Gasteiger partial charge in [0.2, 0.25) is 0 Å². The number of nitrogens with zero attached hydrogens (tertiary/aromatic N) is 1. The van der Waals surface area contributed by atoms with Gasteiger partial charge in [-0.15, -0.1) is 0 Å². The molecule has 1 aromatic heterocycles. The molecule has 0 aliphatic rings. The normalized spacial score (nSPS) is 12.5. The molecule has 0 saturated heterocycles. The number of nitrogens with one attached hydrogen (secondary N) is 1. The molecule has 1 amide bonds. The highest BCUT2D eigenvalue weighted by Crippen LogP contribution is 2.36. The molecule has 0 unspecified atom stereocenters. The van der Waals surface area contributed by atoms with E-state index in [0.717, 1.165) is 42.3 Å². The molecule has 4 aromatic rings. The third kappa shape index (κ3) is 8.79. The number of aromatic nitrogens is 1. The van der Waals surface area contributed by atoms with E-state index in [-0.39, 0.29) is 10.6 Å². The number of halogens is 4. The third-order valence-corrected chi connectivity index (χ3v) is 8.91. The molecule has 0 aliphatic heterocycles. The maximum absolute atomic E-state index is 13.8. The van der Waals surface area contributed by atoms with Crippen LogP contribution in [0.5, 0.6) is 5.75 Å². The lowest BCUT2D eigenvalue weighted by molar-refractivity contribution is -0.0914. The molecule has 0 bridgehead atoms. The Balaban J connectivity index is 0.000000610. The Morgan fingerprint density at radius 3 is 2.11 bits per heavy atom. The van der Waals surface area contributed by atoms with Gasteiger partial charge in [0.05, 0.1) is 12.0 Å². The summed E-state index contributed by atoms with van der Waals surface area (Å²) in [5, 5.41) is 1.27. The number of hydrogen-bond donors (Lipinski definition) is 1. The van der Waals surface area contributed by atoms with E-state index < -0.39 is 27.7 Å². The molecule has 0 spiro atoms. The van der Waals surface area contributed by atoms with E-state index in [1.54, 1.807) is 7.11 Å². The second-order valence-electron chi connectivity index (χ2n) is 10.0. The lowest BCUT2D eigenvalue weighted by atomic mass is 10.0. The molecule has 11 heteroatoms. The number of sulfonamides is 1. The van der Waals surface area contributed by atoms with Crippen LogP contribution in [0.15, 0.2) is 101 Å². The predicted molar refractivity (Wildman–Crippen MR) is 174 cm³/mol. The molecule has 0 aliphatic carbocycles. The fraction of sp³-hybridized carbons (Fsp3) is 0.265. The number of carbonyl (C=O) groups is 1. The number of benzene rings is 3. The van der Waals surface area contributed by atoms with Gasteiger partial charge >= 0.3 is 6.18 Å². The topological polar surface area (TPSA) is 77.4 Å². The molecule has 0 atom stereocenters. The Morgan fingerprint density at radius 1 is 0.978 bits per heavy atom. The van der Waals surface area contributed by atoms with Crippen LogP contribution in [0.4, 0.5) is 13.2 Å². The average Bonchev–Trinajstić information content (AvgIpc) is 3.35. The van der Waals surface area contributed by atoms with Gasteiger partial charge in [-0.3, -0.25) is 4.79 Å². The van der Waals surface area contributed by atoms with Gasteiger partial charge in [0, 0.05) is 33.6 Å². The van der Waals surface area contributed by atoms with Crippen molar-refractivity contribution in [3.8, 4) is 16.9 Å². The number of hydrogen-bond acceptors (Lipinski definition) is 4. The molecule has 0 radical (unpaired) electrons. The van der Waals surface area contributed by atoms with Crippen LogP contribution in [0.25, 0.3) is 22.0 Å². The van der Waals surface area contributed by atoms with E-state index in [0.29, 0.717) is 22.9 Å². The van der Waals surface area contributed by atoms with Gasteiger partial charge in [0.15, 0.2) is 0 Å². The summed E-state index contributed by atoms with van der Waals surface area (Å²) >= 11 is 5.92. The number of carbonyl (C=O) groups excluding carboxylic acids is 1. The van der Waals surface area contributed by atoms with E-state index in [9.17, 15) is 26.4 Å². The van der Waals surface area contributed by atoms with Crippen molar-refractivity contribution in [3.63, 3.8) is 0 Å². The van der Waals surface area contributed by atoms with Gasteiger partial charge < -0.3 is 9.30 Å². The number of amides is 1. The van der Waals surface area contributed by atoms with Gasteiger partial charge in [-0.2, -0.15) is 13.2 Å². The Bertz CT molecular complexity index is 1790. The highest BCUT2D eigenvalue weighted by Gasteiger charge is 2.29. The molecule has 240 valence electrons. The van der Waals surface area contributed by atoms with Crippen LogP contribution in [0.1, 0.15) is 51.0 Å². The molecule has 0 saturated carbocycles. The molecular formula is C34H36ClF3N2O4S. The number of ether oxygens (including phenoxy) is 1. The minimum atomic E-state index is -4.13. The average molecular weight is 661 g/mol. The summed E-state index contributed by atoms with van der Waals surface area (Å²) in [6, 6.07) is 20.8. The minimum Gasteiger partial charge on any atom is -0.497 e. The Kier molecular flexibility index (Phi) is 12.1. The molecule has 1 N–H and O–H groups in total. The summed E-state index contributed by atoms with van der Waals surface area (Å²) < 4.78 is 69.9. The number of para-hydroxylation sites is 1. The highest BCUT2D eigenvalue weighted by molar-refractivity contribution is 7.90. The number of fused-ring (bicyclic) bond motifs is 1. The van der Waals surface area contributed by atoms with E-state index in [2.05, 4.69) is 17.7 Å². The maximum Gasteiger partial charge on any atom is 0.412 e. The smallest absolute Gasteiger partial charge is 0.412 e. The molecule has 3 aromatic carbocycles. The first kappa shape index (κ1) is 35.5. The minimum absolute atomic E-state index is 0.0407. The number of rotatable bonds is 9. The molecule has 4 rings (SSSR count). The fourth-order valence-corrected chi connectivity index (χ4v) is 5.69. The van der Waals surface area contributed by atoms with Crippen LogP contribution >= 0.6 is 11.6 Å². The van der Waals surface area contributed by atoms with Gasteiger partial charge in [-0.05, 0) is 81.6 Å². The molecule has 0 fully saturated rings. The van der Waals surface area contributed by atoms with Gasteiger partial charge in [-0.1, -0.05) is 66.6 Å². The summed E-state index contributed by atoms with van der Waals surface area (Å²) in [4.78, 5) is 13.8. The molecule has 1 heterocycles. The highest BCUT2D eigenvalue weighted by atomic mass is 35.5.